The molecular formula is C23H22ClN4O4P. The Labute approximate surface area is 195 Å². The van der Waals surface area contributed by atoms with E-state index in [1.54, 1.807) is 30.3 Å². The van der Waals surface area contributed by atoms with E-state index >= 15 is 0 Å². The zero-order valence-electron chi connectivity index (χ0n) is 18.3. The number of fused-ring (bicyclic) bond motifs is 1. The fraction of sp³-hybridized carbons (Fsp3) is 0.174. The van der Waals surface area contributed by atoms with Gasteiger partial charge in [-0.25, -0.2) is 4.73 Å². The van der Waals surface area contributed by atoms with E-state index < -0.39 is 13.3 Å². The van der Waals surface area contributed by atoms with Crippen molar-refractivity contribution in [3.63, 3.8) is 0 Å². The van der Waals surface area contributed by atoms with E-state index in [2.05, 4.69) is 15.3 Å². The summed E-state index contributed by atoms with van der Waals surface area (Å²) < 4.78 is 20.6. The molecule has 0 fully saturated rings. The number of hydrogen-bond acceptors (Lipinski definition) is 5. The van der Waals surface area contributed by atoms with E-state index in [1.807, 2.05) is 19.9 Å². The fourth-order valence-corrected chi connectivity index (χ4v) is 6.38. The molecule has 0 bridgehead atoms. The molecule has 0 saturated carbocycles. The van der Waals surface area contributed by atoms with Crippen LogP contribution in [-0.4, -0.2) is 23.0 Å². The molecule has 10 heteroatoms. The highest BCUT2D eigenvalue weighted by Gasteiger charge is 2.36. The average molecular weight is 485 g/mol. The van der Waals surface area contributed by atoms with Crippen molar-refractivity contribution < 1.29 is 18.6 Å². The maximum atomic E-state index is 14.4. The quantitative estimate of drug-likeness (QED) is 0.248. The molecule has 2 aromatic heterocycles. The predicted molar refractivity (Wildman–Crippen MR) is 127 cm³/mol. The van der Waals surface area contributed by atoms with Gasteiger partial charge in [-0.05, 0) is 44.2 Å². The summed E-state index contributed by atoms with van der Waals surface area (Å²) in [5, 5.41) is 15.9. The van der Waals surface area contributed by atoms with Gasteiger partial charge in [0.15, 0.2) is 0 Å². The first-order chi connectivity index (χ1) is 15.7. The molecule has 0 aliphatic rings. The van der Waals surface area contributed by atoms with Gasteiger partial charge in [0.25, 0.3) is 19.6 Å². The molecular weight excluding hydrogens is 463 g/mol. The van der Waals surface area contributed by atoms with Crippen molar-refractivity contribution in [3.05, 3.63) is 87.7 Å². The molecule has 0 spiro atoms. The number of aromatic nitrogens is 3. The summed E-state index contributed by atoms with van der Waals surface area (Å²) in [6.45, 7) is 3.88. The van der Waals surface area contributed by atoms with Crippen LogP contribution in [-0.2, 0) is 15.6 Å². The second-order valence-electron chi connectivity index (χ2n) is 7.76. The molecule has 8 nitrogen and oxygen atoms in total. The van der Waals surface area contributed by atoms with Crippen molar-refractivity contribution in [2.24, 2.45) is 0 Å². The van der Waals surface area contributed by atoms with Crippen molar-refractivity contribution in [1.82, 2.24) is 15.3 Å². The van der Waals surface area contributed by atoms with Crippen molar-refractivity contribution >= 4 is 46.4 Å². The Morgan fingerprint density at radius 3 is 2.64 bits per heavy atom. The van der Waals surface area contributed by atoms with Gasteiger partial charge >= 0.3 is 0 Å². The molecule has 2 aromatic carbocycles. The summed E-state index contributed by atoms with van der Waals surface area (Å²) in [6.07, 6.45) is 3.91. The minimum Gasteiger partial charge on any atom is -0.711 e. The molecule has 4 aromatic rings. The Balaban J connectivity index is 1.85. The van der Waals surface area contributed by atoms with Gasteiger partial charge in [0.05, 0.1) is 17.4 Å². The fourth-order valence-electron chi connectivity index (χ4n) is 3.85. The molecule has 0 aliphatic heterocycles. The van der Waals surface area contributed by atoms with Crippen LogP contribution in [0.15, 0.2) is 55.1 Å². The third-order valence-corrected chi connectivity index (χ3v) is 7.97. The number of aryl methyl sites for hydroxylation is 2. The standard InChI is InChI=1S/C23H22ClN4O4P/c1-14-6-15(2)8-18(7-14)33(31,32-3)22-19-9-17(24)4-5-20(19)27-21(22)23(29)26-11-16-10-25-13-28(30)12-16/h4-10,12-13,27H,11H2,1-3H3,(H,26,29). The van der Waals surface area contributed by atoms with Crippen molar-refractivity contribution in [2.45, 2.75) is 20.4 Å². The zero-order valence-corrected chi connectivity index (χ0v) is 19.9. The Bertz CT molecular complexity index is 1400. The van der Waals surface area contributed by atoms with Gasteiger partial charge in [-0.3, -0.25) is 9.36 Å². The minimum atomic E-state index is -3.69. The van der Waals surface area contributed by atoms with E-state index in [1.165, 1.54) is 19.5 Å². The number of carbonyl (C=O) groups excluding carboxylic acids is 1. The lowest BCUT2D eigenvalue weighted by atomic mass is 10.2. The normalized spacial score (nSPS) is 13.1. The Morgan fingerprint density at radius 2 is 1.97 bits per heavy atom. The van der Waals surface area contributed by atoms with Gasteiger partial charge in [0.2, 0.25) is 0 Å². The van der Waals surface area contributed by atoms with Gasteiger partial charge in [0, 0.05) is 28.3 Å². The second-order valence-corrected chi connectivity index (χ2v) is 10.6. The summed E-state index contributed by atoms with van der Waals surface area (Å²) in [7, 11) is -2.32. The van der Waals surface area contributed by atoms with Crippen LogP contribution < -0.4 is 20.7 Å². The van der Waals surface area contributed by atoms with Crippen LogP contribution >= 0.6 is 19.0 Å². The van der Waals surface area contributed by atoms with Crippen LogP contribution in [0.3, 0.4) is 0 Å². The highest BCUT2D eigenvalue weighted by Crippen LogP contribution is 2.47. The molecule has 0 aliphatic carbocycles. The lowest BCUT2D eigenvalue weighted by molar-refractivity contribution is -0.609. The molecule has 2 N–H and O–H groups in total. The van der Waals surface area contributed by atoms with Crippen LogP contribution in [0.25, 0.3) is 10.9 Å². The molecule has 1 amide bonds. The highest BCUT2D eigenvalue weighted by atomic mass is 35.5. The van der Waals surface area contributed by atoms with Crippen molar-refractivity contribution in [1.29, 1.82) is 0 Å². The Morgan fingerprint density at radius 1 is 1.24 bits per heavy atom. The van der Waals surface area contributed by atoms with Crippen LogP contribution in [0.2, 0.25) is 5.02 Å². The molecule has 4 rings (SSSR count). The van der Waals surface area contributed by atoms with E-state index in [4.69, 9.17) is 16.1 Å². The number of carbonyl (C=O) groups is 1. The van der Waals surface area contributed by atoms with E-state index in [0.717, 1.165) is 17.5 Å². The first-order valence-electron chi connectivity index (χ1n) is 10.1. The third-order valence-electron chi connectivity index (χ3n) is 5.23. The first kappa shape index (κ1) is 23.0. The van der Waals surface area contributed by atoms with Crippen LogP contribution in [0, 0.1) is 19.1 Å². The predicted octanol–water partition coefficient (Wildman–Crippen LogP) is 3.27. The number of nitrogens with zero attached hydrogens (tertiary/aromatic N) is 2. The Hall–Kier alpha value is -3.19. The van der Waals surface area contributed by atoms with E-state index in [9.17, 15) is 14.6 Å². The lowest BCUT2D eigenvalue weighted by Crippen LogP contribution is -2.32. The SMILES string of the molecule is COP(=O)(c1cc(C)cc(C)c1)c1c(C(=O)NCc2cnc[n+]([O-])c2)[nH]c2ccc(Cl)cc12. The summed E-state index contributed by atoms with van der Waals surface area (Å²) in [5.41, 5.74) is 3.07. The lowest BCUT2D eigenvalue weighted by Gasteiger charge is -2.19. The van der Waals surface area contributed by atoms with E-state index in [-0.39, 0.29) is 17.5 Å². The molecule has 1 atom stereocenters. The summed E-state index contributed by atoms with van der Waals surface area (Å²) in [6, 6.07) is 10.6. The number of rotatable bonds is 6. The number of halogens is 1. The number of aromatic amines is 1. The van der Waals surface area contributed by atoms with Crippen LogP contribution in [0.1, 0.15) is 27.2 Å². The van der Waals surface area contributed by atoms with Gasteiger partial charge in [-0.1, -0.05) is 33.8 Å². The molecule has 2 heterocycles. The van der Waals surface area contributed by atoms with Crippen molar-refractivity contribution in [2.75, 3.05) is 7.11 Å². The van der Waals surface area contributed by atoms with Crippen LogP contribution in [0.4, 0.5) is 0 Å². The molecule has 170 valence electrons. The minimum absolute atomic E-state index is 0.0608. The third kappa shape index (κ3) is 4.50. The molecule has 0 saturated heterocycles. The second kappa shape index (κ2) is 8.98. The van der Waals surface area contributed by atoms with Gasteiger partial charge < -0.3 is 20.0 Å². The van der Waals surface area contributed by atoms with Gasteiger partial charge in [0.1, 0.15) is 18.1 Å². The average Bonchev–Trinajstić information content (AvgIpc) is 3.15. The monoisotopic (exact) mass is 484 g/mol. The maximum Gasteiger partial charge on any atom is 0.289 e. The topological polar surface area (TPSA) is 111 Å². The number of amides is 1. The summed E-state index contributed by atoms with van der Waals surface area (Å²) in [5.74, 6) is -0.500. The largest absolute Gasteiger partial charge is 0.711 e. The number of benzene rings is 2. The number of hydrogen-bond donors (Lipinski definition) is 2. The smallest absolute Gasteiger partial charge is 0.289 e. The number of H-pyrrole nitrogens is 1. The van der Waals surface area contributed by atoms with Crippen LogP contribution in [0.5, 0.6) is 0 Å². The van der Waals surface area contributed by atoms with Gasteiger partial charge in [-0.15, -0.1) is 0 Å². The highest BCUT2D eigenvalue weighted by molar-refractivity contribution is 7.75. The van der Waals surface area contributed by atoms with Crippen molar-refractivity contribution in [3.8, 4) is 0 Å². The molecule has 1 unspecified atom stereocenters. The maximum absolute atomic E-state index is 14.4. The first-order valence-corrected chi connectivity index (χ1v) is 12.1. The molecule has 0 radical (unpaired) electrons. The van der Waals surface area contributed by atoms with Gasteiger partial charge in [-0.2, -0.15) is 0 Å². The summed E-state index contributed by atoms with van der Waals surface area (Å²) in [4.78, 5) is 20.1. The number of nitrogens with one attached hydrogen (secondary N) is 2. The van der Waals surface area contributed by atoms with E-state index in [0.29, 0.717) is 31.5 Å². The molecule has 33 heavy (non-hydrogen) atoms. The summed E-state index contributed by atoms with van der Waals surface area (Å²) >= 11 is 6.24. The Kier molecular flexibility index (Phi) is 6.26. The zero-order chi connectivity index (χ0) is 23.8.